The minimum Gasteiger partial charge on any atom is -0.454 e. The van der Waals surface area contributed by atoms with Crippen molar-refractivity contribution in [3.05, 3.63) is 66.0 Å². The van der Waals surface area contributed by atoms with Crippen molar-refractivity contribution in [2.75, 3.05) is 5.73 Å². The van der Waals surface area contributed by atoms with E-state index >= 15 is 0 Å². The van der Waals surface area contributed by atoms with Crippen LogP contribution in [0.25, 0.3) is 10.8 Å². The first-order valence-electron chi connectivity index (χ1n) is 6.34. The van der Waals surface area contributed by atoms with Crippen molar-refractivity contribution in [3.63, 3.8) is 0 Å². The lowest BCUT2D eigenvalue weighted by Gasteiger charge is -2.11. The van der Waals surface area contributed by atoms with E-state index in [1.165, 1.54) is 12.1 Å². The summed E-state index contributed by atoms with van der Waals surface area (Å²) in [6, 6.07) is 17.1. The van der Waals surface area contributed by atoms with Crippen molar-refractivity contribution in [2.24, 2.45) is 0 Å². The molecular weight excluding hydrogens is 267 g/mol. The van der Waals surface area contributed by atoms with Gasteiger partial charge >= 0.3 is 0 Å². The summed E-state index contributed by atoms with van der Waals surface area (Å²) in [5, 5.41) is 10.7. The van der Waals surface area contributed by atoms with E-state index in [2.05, 4.69) is 6.07 Å². The lowest BCUT2D eigenvalue weighted by atomic mass is 10.0. The van der Waals surface area contributed by atoms with Gasteiger partial charge in [-0.2, -0.15) is 5.26 Å². The molecule has 3 aromatic carbocycles. The summed E-state index contributed by atoms with van der Waals surface area (Å²) in [5.41, 5.74) is 6.41. The summed E-state index contributed by atoms with van der Waals surface area (Å²) in [6.07, 6.45) is 0. The van der Waals surface area contributed by atoms with Crippen LogP contribution < -0.4 is 10.5 Å². The van der Waals surface area contributed by atoms with Crippen molar-refractivity contribution in [1.82, 2.24) is 0 Å². The molecule has 0 heterocycles. The second kappa shape index (κ2) is 5.14. The van der Waals surface area contributed by atoms with Gasteiger partial charge in [0.1, 0.15) is 5.75 Å². The van der Waals surface area contributed by atoms with Crippen LogP contribution in [0.3, 0.4) is 0 Å². The van der Waals surface area contributed by atoms with Gasteiger partial charge in [-0.25, -0.2) is 4.39 Å². The number of rotatable bonds is 2. The van der Waals surface area contributed by atoms with E-state index < -0.39 is 5.82 Å². The third kappa shape index (κ3) is 2.37. The Hall–Kier alpha value is -3.06. The normalized spacial score (nSPS) is 10.3. The molecule has 0 fully saturated rings. The molecule has 4 heteroatoms. The number of hydrogen-bond donors (Lipinski definition) is 1. The fourth-order valence-electron chi connectivity index (χ4n) is 2.18. The molecule has 0 saturated carbocycles. The van der Waals surface area contributed by atoms with Crippen LogP contribution in [0, 0.1) is 17.1 Å². The number of nitrogen functional groups attached to an aromatic ring is 1. The molecule has 0 bridgehead atoms. The van der Waals surface area contributed by atoms with Crippen LogP contribution in [-0.4, -0.2) is 0 Å². The monoisotopic (exact) mass is 278 g/mol. The molecule has 0 spiro atoms. The van der Waals surface area contributed by atoms with E-state index in [4.69, 9.17) is 15.7 Å². The lowest BCUT2D eigenvalue weighted by molar-refractivity contribution is 0.447. The van der Waals surface area contributed by atoms with Gasteiger partial charge in [0.15, 0.2) is 11.6 Å². The van der Waals surface area contributed by atoms with Crippen molar-refractivity contribution >= 4 is 16.5 Å². The van der Waals surface area contributed by atoms with Crippen LogP contribution in [0.4, 0.5) is 10.1 Å². The second-order valence-corrected chi connectivity index (χ2v) is 4.56. The zero-order valence-electron chi connectivity index (χ0n) is 11.0. The van der Waals surface area contributed by atoms with E-state index in [9.17, 15) is 4.39 Å². The summed E-state index contributed by atoms with van der Waals surface area (Å²) in [5.74, 6) is 0.0655. The maximum atomic E-state index is 13.8. The maximum absolute atomic E-state index is 13.8. The van der Waals surface area contributed by atoms with E-state index in [0.717, 1.165) is 10.8 Å². The van der Waals surface area contributed by atoms with Crippen molar-refractivity contribution in [3.8, 4) is 17.6 Å². The van der Waals surface area contributed by atoms with Crippen LogP contribution in [-0.2, 0) is 0 Å². The number of halogens is 1. The van der Waals surface area contributed by atoms with Crippen molar-refractivity contribution in [2.45, 2.75) is 0 Å². The molecule has 0 aliphatic rings. The van der Waals surface area contributed by atoms with E-state index in [0.29, 0.717) is 17.0 Å². The molecule has 0 atom stereocenters. The highest BCUT2D eigenvalue weighted by molar-refractivity contribution is 5.92. The van der Waals surface area contributed by atoms with Crippen LogP contribution >= 0.6 is 0 Å². The van der Waals surface area contributed by atoms with Crippen LogP contribution in [0.1, 0.15) is 5.56 Å². The number of anilines is 1. The molecule has 3 rings (SSSR count). The average Bonchev–Trinajstić information content (AvgIpc) is 2.50. The van der Waals surface area contributed by atoms with Gasteiger partial charge in [-0.15, -0.1) is 0 Å². The first kappa shape index (κ1) is 12.9. The van der Waals surface area contributed by atoms with E-state index in [1.807, 2.05) is 24.3 Å². The second-order valence-electron chi connectivity index (χ2n) is 4.56. The summed E-state index contributed by atoms with van der Waals surface area (Å²) < 4.78 is 19.5. The van der Waals surface area contributed by atoms with Crippen LogP contribution in [0.2, 0.25) is 0 Å². The van der Waals surface area contributed by atoms with Gasteiger partial charge in [0.05, 0.1) is 11.6 Å². The fraction of sp³-hybridized carbons (Fsp3) is 0. The predicted octanol–water partition coefficient (Wildman–Crippen LogP) is 4.23. The predicted molar refractivity (Wildman–Crippen MR) is 79.5 cm³/mol. The highest BCUT2D eigenvalue weighted by atomic mass is 19.1. The highest BCUT2D eigenvalue weighted by Crippen LogP contribution is 2.33. The van der Waals surface area contributed by atoms with Crippen LogP contribution in [0.15, 0.2) is 54.6 Å². The van der Waals surface area contributed by atoms with Crippen molar-refractivity contribution in [1.29, 1.82) is 5.26 Å². The smallest absolute Gasteiger partial charge is 0.167 e. The zero-order chi connectivity index (χ0) is 14.8. The molecule has 21 heavy (non-hydrogen) atoms. The lowest BCUT2D eigenvalue weighted by Crippen LogP contribution is -1.92. The largest absolute Gasteiger partial charge is 0.454 e. The number of nitrogens with two attached hydrogens (primary N) is 1. The standard InChI is InChI=1S/C17H11FN2O/c18-15-9-12(20)6-8-17(15)21-16-7-5-11(10-19)13-3-1-2-4-14(13)16/h1-9H,20H2. The fourth-order valence-corrected chi connectivity index (χ4v) is 2.18. The number of ether oxygens (including phenoxy) is 1. The third-order valence-electron chi connectivity index (χ3n) is 3.18. The molecule has 3 nitrogen and oxygen atoms in total. The van der Waals surface area contributed by atoms with Gasteiger partial charge in [-0.05, 0) is 24.3 Å². The molecule has 0 saturated heterocycles. The molecule has 0 unspecified atom stereocenters. The Balaban J connectivity index is 2.12. The topological polar surface area (TPSA) is 59.0 Å². The first-order valence-corrected chi connectivity index (χ1v) is 6.34. The molecule has 0 amide bonds. The molecule has 2 N–H and O–H groups in total. The maximum Gasteiger partial charge on any atom is 0.167 e. The van der Waals surface area contributed by atoms with E-state index in [1.54, 1.807) is 18.2 Å². The Morgan fingerprint density at radius 1 is 0.952 bits per heavy atom. The Kier molecular flexibility index (Phi) is 3.17. The molecule has 0 aliphatic carbocycles. The van der Waals surface area contributed by atoms with Gasteiger partial charge in [0.2, 0.25) is 0 Å². The Labute approximate surface area is 121 Å². The van der Waals surface area contributed by atoms with Gasteiger partial charge in [0, 0.05) is 22.5 Å². The summed E-state index contributed by atoms with van der Waals surface area (Å²) >= 11 is 0. The number of nitrogens with zero attached hydrogens (tertiary/aromatic N) is 1. The molecule has 0 aromatic heterocycles. The Morgan fingerprint density at radius 2 is 1.67 bits per heavy atom. The number of benzene rings is 3. The van der Waals surface area contributed by atoms with Gasteiger partial charge in [0.25, 0.3) is 0 Å². The van der Waals surface area contributed by atoms with Gasteiger partial charge < -0.3 is 10.5 Å². The highest BCUT2D eigenvalue weighted by Gasteiger charge is 2.10. The van der Waals surface area contributed by atoms with Crippen LogP contribution in [0.5, 0.6) is 11.5 Å². The zero-order valence-corrected chi connectivity index (χ0v) is 11.0. The average molecular weight is 278 g/mol. The minimum atomic E-state index is -0.525. The third-order valence-corrected chi connectivity index (χ3v) is 3.18. The SMILES string of the molecule is N#Cc1ccc(Oc2ccc(N)cc2F)c2ccccc12. The number of hydrogen-bond acceptors (Lipinski definition) is 3. The number of fused-ring (bicyclic) bond motifs is 1. The first-order chi connectivity index (χ1) is 10.2. The quantitative estimate of drug-likeness (QED) is 0.714. The van der Waals surface area contributed by atoms with E-state index in [-0.39, 0.29) is 5.75 Å². The minimum absolute atomic E-state index is 0.0964. The number of nitriles is 1. The summed E-state index contributed by atoms with van der Waals surface area (Å²) in [6.45, 7) is 0. The molecule has 0 aliphatic heterocycles. The molecule has 102 valence electrons. The van der Waals surface area contributed by atoms with Gasteiger partial charge in [-0.1, -0.05) is 24.3 Å². The van der Waals surface area contributed by atoms with Crippen molar-refractivity contribution < 1.29 is 9.13 Å². The summed E-state index contributed by atoms with van der Waals surface area (Å²) in [4.78, 5) is 0. The van der Waals surface area contributed by atoms with Gasteiger partial charge in [-0.3, -0.25) is 0 Å². The molecule has 3 aromatic rings. The molecule has 0 radical (unpaired) electrons. The Bertz CT molecular complexity index is 868. The Morgan fingerprint density at radius 3 is 2.38 bits per heavy atom. The molecular formula is C17H11FN2O. The summed E-state index contributed by atoms with van der Waals surface area (Å²) in [7, 11) is 0.